The van der Waals surface area contributed by atoms with E-state index >= 15 is 0 Å². The molecule has 0 bridgehead atoms. The van der Waals surface area contributed by atoms with E-state index in [1.165, 1.54) is 37.6 Å². The number of nitrogens with one attached hydrogen (secondary N) is 2. The number of carbonyl (C=O) groups is 1. The highest BCUT2D eigenvalue weighted by Gasteiger charge is 2.58. The summed E-state index contributed by atoms with van der Waals surface area (Å²) >= 11 is 0. The van der Waals surface area contributed by atoms with Gasteiger partial charge in [-0.05, 0) is 123 Å². The minimum Gasteiger partial charge on any atom is -0.497 e. The van der Waals surface area contributed by atoms with E-state index < -0.39 is 118 Å². The Bertz CT molecular complexity index is 2120. The topological polar surface area (TPSA) is 244 Å². The molecule has 3 saturated heterocycles. The van der Waals surface area contributed by atoms with Gasteiger partial charge in [0, 0.05) is 38.6 Å². The summed E-state index contributed by atoms with van der Waals surface area (Å²) in [6.45, 7) is 20.0. The van der Waals surface area contributed by atoms with Crippen LogP contribution in [-0.4, -0.2) is 168 Å². The van der Waals surface area contributed by atoms with Crippen LogP contribution in [0.25, 0.3) is 0 Å². The van der Waals surface area contributed by atoms with Gasteiger partial charge in [0.25, 0.3) is 0 Å². The second-order valence-corrected chi connectivity index (χ2v) is 23.3. The molecule has 0 aliphatic carbocycles. The fraction of sp³-hybridized carbons (Fsp3) is 0.755. The standard InChI is InChI=1S/C53H87N3O15S/c1-14-25-54-31-53(62)37(8)68-43(28-51(53,10)66-13)70-45-34(5)47(50(9,60)27-32(3)29-55-36(7)46(58)52(11,61)42(15-2)69-48(59)35(45)6)71-49-44(57)41(26-33(4)67-49)56(30-38-21-23-39(65-12)24-22-38)72(63,64)40-19-17-16-18-20-40/h16-24,32-37,41-47,49,54-55,57-58,60-62H,14-15,25-31H2,1-13H3/t32-,33-,34+,35-,36-,37+,41+,42-,43+,44-,45+,46-,47-,49+,50-,51-,52-,53+/m1/s1. The van der Waals surface area contributed by atoms with Crippen LogP contribution in [-0.2, 0) is 49.8 Å². The second-order valence-electron chi connectivity index (χ2n) is 21.4. The molecule has 410 valence electrons. The molecule has 72 heavy (non-hydrogen) atoms. The number of hydrogen-bond donors (Lipinski definition) is 7. The largest absolute Gasteiger partial charge is 0.497 e. The number of sulfonamides is 1. The minimum absolute atomic E-state index is 0.00763. The van der Waals surface area contributed by atoms with Crippen molar-refractivity contribution in [2.75, 3.05) is 33.9 Å². The number of cyclic esters (lactones) is 1. The molecule has 18 atom stereocenters. The first-order chi connectivity index (χ1) is 33.7. The van der Waals surface area contributed by atoms with Crippen molar-refractivity contribution in [2.45, 2.75) is 210 Å². The Morgan fingerprint density at radius 1 is 0.889 bits per heavy atom. The van der Waals surface area contributed by atoms with Crippen molar-refractivity contribution in [3.05, 3.63) is 60.2 Å². The molecule has 0 unspecified atom stereocenters. The summed E-state index contributed by atoms with van der Waals surface area (Å²) in [7, 11) is -1.24. The maximum atomic E-state index is 14.7. The van der Waals surface area contributed by atoms with Crippen molar-refractivity contribution in [1.82, 2.24) is 14.9 Å². The Labute approximate surface area is 428 Å². The van der Waals surface area contributed by atoms with Crippen LogP contribution < -0.4 is 15.4 Å². The highest BCUT2D eigenvalue weighted by Crippen LogP contribution is 2.43. The molecule has 0 saturated carbocycles. The summed E-state index contributed by atoms with van der Waals surface area (Å²) in [6, 6.07) is 13.2. The van der Waals surface area contributed by atoms with Crippen molar-refractivity contribution >= 4 is 16.0 Å². The summed E-state index contributed by atoms with van der Waals surface area (Å²) in [5, 5.41) is 67.7. The van der Waals surface area contributed by atoms with E-state index in [2.05, 4.69) is 10.6 Å². The van der Waals surface area contributed by atoms with Crippen LogP contribution in [0.4, 0.5) is 0 Å². The zero-order valence-electron chi connectivity index (χ0n) is 44.8. The zero-order chi connectivity index (χ0) is 53.6. The van der Waals surface area contributed by atoms with Crippen molar-refractivity contribution in [3.8, 4) is 5.75 Å². The molecule has 3 aliphatic heterocycles. The Hall–Kier alpha value is -2.86. The van der Waals surface area contributed by atoms with Gasteiger partial charge in [-0.3, -0.25) is 4.79 Å². The number of ether oxygens (including phenoxy) is 7. The lowest BCUT2D eigenvalue weighted by Crippen LogP contribution is -2.70. The Morgan fingerprint density at radius 3 is 2.14 bits per heavy atom. The van der Waals surface area contributed by atoms with Crippen LogP contribution in [0.2, 0.25) is 0 Å². The number of benzene rings is 2. The van der Waals surface area contributed by atoms with Crippen LogP contribution in [0.1, 0.15) is 114 Å². The van der Waals surface area contributed by atoms with Crippen molar-refractivity contribution < 1.29 is 71.9 Å². The zero-order valence-corrected chi connectivity index (χ0v) is 45.6. The van der Waals surface area contributed by atoms with Crippen LogP contribution in [0.15, 0.2) is 59.5 Å². The number of esters is 1. The number of aliphatic hydroxyl groups is 5. The predicted molar refractivity (Wildman–Crippen MR) is 270 cm³/mol. The molecule has 7 N–H and O–H groups in total. The first-order valence-electron chi connectivity index (χ1n) is 25.8. The molecule has 3 aliphatic rings. The van der Waals surface area contributed by atoms with Crippen LogP contribution in [0.5, 0.6) is 5.75 Å². The number of rotatable bonds is 16. The summed E-state index contributed by atoms with van der Waals surface area (Å²) in [5.41, 5.74) is -5.78. The maximum absolute atomic E-state index is 14.7. The Balaban J connectivity index is 1.62. The quantitative estimate of drug-likeness (QED) is 0.0917. The van der Waals surface area contributed by atoms with Crippen LogP contribution >= 0.6 is 0 Å². The van der Waals surface area contributed by atoms with Gasteiger partial charge in [0.05, 0.1) is 54.0 Å². The molecule has 19 heteroatoms. The van der Waals surface area contributed by atoms with Crippen molar-refractivity contribution in [1.29, 1.82) is 0 Å². The number of carbonyl (C=O) groups excluding carboxylic acids is 1. The first kappa shape index (κ1) is 60.0. The predicted octanol–water partition coefficient (Wildman–Crippen LogP) is 4.27. The summed E-state index contributed by atoms with van der Waals surface area (Å²) in [5.74, 6) is -2.63. The third kappa shape index (κ3) is 13.4. The number of aliphatic hydroxyl groups excluding tert-OH is 2. The third-order valence-corrected chi connectivity index (χ3v) is 17.5. The lowest BCUT2D eigenvalue weighted by molar-refractivity contribution is -0.336. The van der Waals surface area contributed by atoms with E-state index in [0.29, 0.717) is 17.9 Å². The van der Waals surface area contributed by atoms with Crippen molar-refractivity contribution in [3.63, 3.8) is 0 Å². The molecule has 0 radical (unpaired) electrons. The van der Waals surface area contributed by atoms with Gasteiger partial charge >= 0.3 is 5.97 Å². The monoisotopic (exact) mass is 1040 g/mol. The molecular formula is C53H87N3O15S. The van der Waals surface area contributed by atoms with Gasteiger partial charge in [-0.2, -0.15) is 4.31 Å². The van der Waals surface area contributed by atoms with Crippen LogP contribution in [0.3, 0.4) is 0 Å². The fourth-order valence-corrected chi connectivity index (χ4v) is 12.7. The molecule has 3 heterocycles. The lowest BCUT2D eigenvalue weighted by atomic mass is 9.75. The number of methoxy groups -OCH3 is 2. The molecule has 0 amide bonds. The second kappa shape index (κ2) is 24.9. The van der Waals surface area contributed by atoms with E-state index in [4.69, 9.17) is 33.2 Å². The van der Waals surface area contributed by atoms with Gasteiger partial charge < -0.3 is 69.3 Å². The average Bonchev–Trinajstić information content (AvgIpc) is 3.34. The average molecular weight is 1040 g/mol. The Morgan fingerprint density at radius 2 is 1.54 bits per heavy atom. The fourth-order valence-electron chi connectivity index (χ4n) is 11.0. The van der Waals surface area contributed by atoms with E-state index in [1.54, 1.807) is 97.9 Å². The molecule has 2 aromatic carbocycles. The van der Waals surface area contributed by atoms with Crippen molar-refractivity contribution in [2.24, 2.45) is 17.8 Å². The third-order valence-electron chi connectivity index (χ3n) is 15.6. The molecule has 18 nitrogen and oxygen atoms in total. The molecule has 3 fully saturated rings. The summed E-state index contributed by atoms with van der Waals surface area (Å²) in [6.07, 6.45) is -9.67. The summed E-state index contributed by atoms with van der Waals surface area (Å²) in [4.78, 5) is 14.7. The van der Waals surface area contributed by atoms with Gasteiger partial charge in [-0.25, -0.2) is 8.42 Å². The minimum atomic E-state index is -4.28. The smallest absolute Gasteiger partial charge is 0.311 e. The molecule has 2 aromatic rings. The molecule has 5 rings (SSSR count). The van der Waals surface area contributed by atoms with E-state index in [0.717, 1.165) is 6.42 Å². The van der Waals surface area contributed by atoms with Gasteiger partial charge in [0.1, 0.15) is 40.9 Å². The molecule has 0 spiro atoms. The van der Waals surface area contributed by atoms with Gasteiger partial charge in [0.2, 0.25) is 10.0 Å². The first-order valence-corrected chi connectivity index (χ1v) is 27.2. The van der Waals surface area contributed by atoms with Gasteiger partial charge in [-0.1, -0.05) is 58.0 Å². The molecular weight excluding hydrogens is 951 g/mol. The van der Waals surface area contributed by atoms with E-state index in [1.807, 2.05) is 13.8 Å². The lowest BCUT2D eigenvalue weighted by Gasteiger charge is -2.53. The van der Waals surface area contributed by atoms with Gasteiger partial charge in [-0.15, -0.1) is 0 Å². The van der Waals surface area contributed by atoms with Gasteiger partial charge in [0.15, 0.2) is 12.6 Å². The number of nitrogens with zero attached hydrogens (tertiary/aromatic N) is 1. The SMILES string of the molecule is CCCNC[C@]1(O)[C@H](C)O[C@@H](O[C@H]2[C@H](C)[C@@H](O[C@@H]3O[C@H](C)C[C@H](N(Cc4ccc(OC)cc4)S(=O)(=O)c4ccccc4)[C@H]3O)[C@](C)(O)C[C@@H](C)CN[C@H](C)[C@@H](O)[C@](C)(O)[C@@H](CC)OC(=O)[C@@H]2C)C[C@@]1(C)OC. The summed E-state index contributed by atoms with van der Waals surface area (Å²) < 4.78 is 75.1. The highest BCUT2D eigenvalue weighted by molar-refractivity contribution is 7.89. The molecule has 0 aromatic heterocycles. The number of hydrogen-bond acceptors (Lipinski definition) is 17. The van der Waals surface area contributed by atoms with Crippen LogP contribution in [0, 0.1) is 17.8 Å². The maximum Gasteiger partial charge on any atom is 0.311 e. The Kier molecular flexibility index (Phi) is 20.7. The highest BCUT2D eigenvalue weighted by atomic mass is 32.2. The van der Waals surface area contributed by atoms with E-state index in [9.17, 15) is 38.7 Å². The van der Waals surface area contributed by atoms with E-state index in [-0.39, 0.29) is 56.1 Å². The normalized spacial score (nSPS) is 40.0.